The predicted molar refractivity (Wildman–Crippen MR) is 81.7 cm³/mol. The molecule has 2 aromatic carbocycles. The van der Waals surface area contributed by atoms with E-state index in [9.17, 15) is 4.39 Å². The fourth-order valence-corrected chi connectivity index (χ4v) is 2.37. The maximum Gasteiger partial charge on any atom is 0.141 e. The van der Waals surface area contributed by atoms with Gasteiger partial charge in [-0.1, -0.05) is 22.0 Å². The Bertz CT molecular complexity index is 789. The van der Waals surface area contributed by atoms with E-state index in [0.29, 0.717) is 11.3 Å². The van der Waals surface area contributed by atoms with Gasteiger partial charge in [-0.25, -0.2) is 14.4 Å². The molecule has 1 heterocycles. The third kappa shape index (κ3) is 2.36. The Kier molecular flexibility index (Phi) is 3.36. The molecular weight excluding hydrogens is 321 g/mol. The van der Waals surface area contributed by atoms with Crippen LogP contribution in [0.2, 0.25) is 0 Å². The first kappa shape index (κ1) is 13.0. The number of nitrogens with zero attached hydrogens (tertiary/aromatic N) is 2. The van der Waals surface area contributed by atoms with E-state index in [4.69, 9.17) is 0 Å². The monoisotopic (exact) mass is 331 g/mol. The van der Waals surface area contributed by atoms with E-state index in [2.05, 4.69) is 31.2 Å². The van der Waals surface area contributed by atoms with Crippen LogP contribution in [0.1, 0.15) is 5.56 Å². The summed E-state index contributed by atoms with van der Waals surface area (Å²) in [6.07, 6.45) is 1.43. The van der Waals surface area contributed by atoms with Crippen molar-refractivity contribution in [1.82, 2.24) is 9.97 Å². The first-order chi connectivity index (χ1) is 9.65. The lowest BCUT2D eigenvalue weighted by Crippen LogP contribution is -1.98. The molecule has 0 bridgehead atoms. The molecular formula is C15H11BrFN3. The molecule has 1 aromatic heterocycles. The molecule has 0 amide bonds. The van der Waals surface area contributed by atoms with E-state index < -0.39 is 0 Å². The van der Waals surface area contributed by atoms with Crippen LogP contribution in [-0.4, -0.2) is 9.97 Å². The summed E-state index contributed by atoms with van der Waals surface area (Å²) in [4.78, 5) is 8.33. The summed E-state index contributed by atoms with van der Waals surface area (Å²) >= 11 is 3.50. The first-order valence-electron chi connectivity index (χ1n) is 6.07. The lowest BCUT2D eigenvalue weighted by molar-refractivity contribution is 0.629. The summed E-state index contributed by atoms with van der Waals surface area (Å²) in [6, 6.07) is 10.4. The molecule has 0 spiro atoms. The third-order valence-electron chi connectivity index (χ3n) is 3.12. The highest BCUT2D eigenvalue weighted by Crippen LogP contribution is 2.28. The van der Waals surface area contributed by atoms with Crippen molar-refractivity contribution in [3.8, 4) is 0 Å². The third-order valence-corrected chi connectivity index (χ3v) is 3.98. The topological polar surface area (TPSA) is 37.8 Å². The second-order valence-electron chi connectivity index (χ2n) is 4.42. The van der Waals surface area contributed by atoms with Gasteiger partial charge < -0.3 is 5.32 Å². The van der Waals surface area contributed by atoms with E-state index in [-0.39, 0.29) is 5.82 Å². The van der Waals surface area contributed by atoms with E-state index in [1.54, 1.807) is 6.07 Å². The maximum absolute atomic E-state index is 13.2. The smallest absolute Gasteiger partial charge is 0.141 e. The van der Waals surface area contributed by atoms with E-state index in [0.717, 1.165) is 21.1 Å². The van der Waals surface area contributed by atoms with E-state index in [1.165, 1.54) is 18.5 Å². The number of rotatable bonds is 2. The van der Waals surface area contributed by atoms with Crippen molar-refractivity contribution in [2.24, 2.45) is 0 Å². The molecule has 5 heteroatoms. The SMILES string of the molecule is Cc1c(Br)cccc1Nc1ncnc2cc(F)ccc12. The Balaban J connectivity index is 2.09. The molecule has 0 fully saturated rings. The molecule has 0 unspecified atom stereocenters. The Labute approximate surface area is 124 Å². The molecule has 0 atom stereocenters. The van der Waals surface area contributed by atoms with Gasteiger partial charge in [-0.05, 0) is 36.8 Å². The average Bonchev–Trinajstić information content (AvgIpc) is 2.44. The summed E-state index contributed by atoms with van der Waals surface area (Å²) in [5.41, 5.74) is 2.61. The summed E-state index contributed by atoms with van der Waals surface area (Å²) in [5, 5.41) is 4.06. The van der Waals surface area contributed by atoms with Crippen molar-refractivity contribution in [3.05, 3.63) is 58.6 Å². The molecule has 3 aromatic rings. The van der Waals surface area contributed by atoms with Gasteiger partial charge in [0.25, 0.3) is 0 Å². The Hall–Kier alpha value is -2.01. The zero-order chi connectivity index (χ0) is 14.1. The normalized spacial score (nSPS) is 10.8. The Morgan fingerprint density at radius 3 is 2.85 bits per heavy atom. The number of anilines is 2. The van der Waals surface area contributed by atoms with Gasteiger partial charge in [0.15, 0.2) is 0 Å². The number of nitrogens with one attached hydrogen (secondary N) is 1. The number of fused-ring (bicyclic) bond motifs is 1. The molecule has 20 heavy (non-hydrogen) atoms. The molecule has 0 radical (unpaired) electrons. The lowest BCUT2D eigenvalue weighted by Gasteiger charge is -2.11. The molecule has 0 saturated heterocycles. The van der Waals surface area contributed by atoms with Gasteiger partial charge in [0.1, 0.15) is 18.0 Å². The molecule has 3 nitrogen and oxygen atoms in total. The molecule has 1 N–H and O–H groups in total. The largest absolute Gasteiger partial charge is 0.339 e. The minimum atomic E-state index is -0.305. The van der Waals surface area contributed by atoms with Crippen LogP contribution in [0.25, 0.3) is 10.9 Å². The summed E-state index contributed by atoms with van der Waals surface area (Å²) in [7, 11) is 0. The van der Waals surface area contributed by atoms with Gasteiger partial charge in [0, 0.05) is 21.6 Å². The summed E-state index contributed by atoms with van der Waals surface area (Å²) in [6.45, 7) is 2.01. The number of halogens is 2. The van der Waals surface area contributed by atoms with Crippen molar-refractivity contribution in [3.63, 3.8) is 0 Å². The van der Waals surface area contributed by atoms with Gasteiger partial charge in [-0.2, -0.15) is 0 Å². The van der Waals surface area contributed by atoms with Crippen LogP contribution in [0.4, 0.5) is 15.9 Å². The highest BCUT2D eigenvalue weighted by atomic mass is 79.9. The summed E-state index contributed by atoms with van der Waals surface area (Å²) in [5.74, 6) is 0.358. The average molecular weight is 332 g/mol. The minimum Gasteiger partial charge on any atom is -0.339 e. The molecule has 3 rings (SSSR count). The van der Waals surface area contributed by atoms with Crippen molar-refractivity contribution in [2.45, 2.75) is 6.92 Å². The van der Waals surface area contributed by atoms with Crippen molar-refractivity contribution < 1.29 is 4.39 Å². The van der Waals surface area contributed by atoms with Crippen LogP contribution in [0.3, 0.4) is 0 Å². The quantitative estimate of drug-likeness (QED) is 0.746. The zero-order valence-electron chi connectivity index (χ0n) is 10.7. The van der Waals surface area contributed by atoms with E-state index >= 15 is 0 Å². The second kappa shape index (κ2) is 5.17. The molecule has 0 aliphatic rings. The fourth-order valence-electron chi connectivity index (χ4n) is 2.00. The molecule has 100 valence electrons. The maximum atomic E-state index is 13.2. The van der Waals surface area contributed by atoms with E-state index in [1.807, 2.05) is 25.1 Å². The van der Waals surface area contributed by atoms with Crippen LogP contribution < -0.4 is 5.32 Å². The van der Waals surface area contributed by atoms with Crippen LogP contribution in [0.5, 0.6) is 0 Å². The first-order valence-corrected chi connectivity index (χ1v) is 6.87. The van der Waals surface area contributed by atoms with Crippen LogP contribution in [-0.2, 0) is 0 Å². The van der Waals surface area contributed by atoms with Crippen LogP contribution in [0.15, 0.2) is 47.2 Å². The van der Waals surface area contributed by atoms with Crippen molar-refractivity contribution in [2.75, 3.05) is 5.32 Å². The van der Waals surface area contributed by atoms with Crippen LogP contribution in [0, 0.1) is 12.7 Å². The fraction of sp³-hybridized carbons (Fsp3) is 0.0667. The number of hydrogen-bond donors (Lipinski definition) is 1. The second-order valence-corrected chi connectivity index (χ2v) is 5.28. The Morgan fingerprint density at radius 1 is 1.15 bits per heavy atom. The summed E-state index contributed by atoms with van der Waals surface area (Å²) < 4.78 is 14.2. The highest BCUT2D eigenvalue weighted by Gasteiger charge is 2.07. The molecule has 0 aliphatic carbocycles. The van der Waals surface area contributed by atoms with Gasteiger partial charge in [0.2, 0.25) is 0 Å². The van der Waals surface area contributed by atoms with Gasteiger partial charge >= 0.3 is 0 Å². The number of benzene rings is 2. The van der Waals surface area contributed by atoms with Crippen LogP contribution >= 0.6 is 15.9 Å². The minimum absolute atomic E-state index is 0.305. The zero-order valence-corrected chi connectivity index (χ0v) is 12.3. The standard InChI is InChI=1S/C15H11BrFN3/c1-9-12(16)3-2-4-13(9)20-15-11-6-5-10(17)7-14(11)18-8-19-15/h2-8H,1H3,(H,18,19,20). The number of aromatic nitrogens is 2. The molecule has 0 aliphatic heterocycles. The highest BCUT2D eigenvalue weighted by molar-refractivity contribution is 9.10. The van der Waals surface area contributed by atoms with Gasteiger partial charge in [0.05, 0.1) is 5.52 Å². The lowest BCUT2D eigenvalue weighted by atomic mass is 10.2. The van der Waals surface area contributed by atoms with Gasteiger partial charge in [-0.3, -0.25) is 0 Å². The van der Waals surface area contributed by atoms with Crippen molar-refractivity contribution in [1.29, 1.82) is 0 Å². The van der Waals surface area contributed by atoms with Gasteiger partial charge in [-0.15, -0.1) is 0 Å². The number of hydrogen-bond acceptors (Lipinski definition) is 3. The van der Waals surface area contributed by atoms with Crippen molar-refractivity contribution >= 4 is 38.3 Å². The Morgan fingerprint density at radius 2 is 2.00 bits per heavy atom. The molecule has 0 saturated carbocycles. The predicted octanol–water partition coefficient (Wildman–Crippen LogP) is 4.58.